The van der Waals surface area contributed by atoms with Crippen molar-refractivity contribution in [2.75, 3.05) is 0 Å². The number of carbonyl (C=O) groups excluding carboxylic acids is 1. The first-order valence-electron chi connectivity index (χ1n) is 7.43. The van der Waals surface area contributed by atoms with Crippen molar-refractivity contribution in [3.8, 4) is 11.8 Å². The van der Waals surface area contributed by atoms with Crippen molar-refractivity contribution in [2.45, 2.75) is 66.2 Å². The summed E-state index contributed by atoms with van der Waals surface area (Å²) in [6.07, 6.45) is 13.8. The van der Waals surface area contributed by atoms with Gasteiger partial charge in [0.05, 0.1) is 0 Å². The molecule has 0 saturated heterocycles. The monoisotopic (exact) mass is 272 g/mol. The predicted octanol–water partition coefficient (Wildman–Crippen LogP) is 5.39. The van der Waals surface area contributed by atoms with Gasteiger partial charge >= 0.3 is 0 Å². The van der Waals surface area contributed by atoms with Crippen LogP contribution in [0.15, 0.2) is 34.9 Å². The van der Waals surface area contributed by atoms with Crippen LogP contribution in [0.25, 0.3) is 0 Å². The number of rotatable bonds is 8. The molecule has 0 aromatic rings. The van der Waals surface area contributed by atoms with E-state index in [0.717, 1.165) is 38.5 Å². The molecule has 0 aliphatic heterocycles. The smallest absolute Gasteiger partial charge is 0.192 e. The molecule has 1 heteroatoms. The molecule has 0 unspecified atom stereocenters. The van der Waals surface area contributed by atoms with Gasteiger partial charge in [-0.15, -0.1) is 0 Å². The average Bonchev–Trinajstić information content (AvgIpc) is 2.38. The van der Waals surface area contributed by atoms with E-state index in [0.29, 0.717) is 6.29 Å². The zero-order valence-electron chi connectivity index (χ0n) is 13.5. The van der Waals surface area contributed by atoms with Gasteiger partial charge in [0.1, 0.15) is 0 Å². The zero-order valence-corrected chi connectivity index (χ0v) is 13.5. The molecule has 0 bridgehead atoms. The van der Waals surface area contributed by atoms with Crippen molar-refractivity contribution in [1.82, 2.24) is 0 Å². The zero-order chi connectivity index (χ0) is 15.2. The lowest BCUT2D eigenvalue weighted by molar-refractivity contribution is -0.103. The Bertz CT molecular complexity index is 420. The number of allylic oxidation sites excluding steroid dienone is 6. The molecular formula is C19H28O. The number of carbonyl (C=O) groups is 1. The second-order valence-corrected chi connectivity index (χ2v) is 5.44. The fourth-order valence-electron chi connectivity index (χ4n) is 1.84. The van der Waals surface area contributed by atoms with Gasteiger partial charge in [-0.2, -0.15) is 0 Å². The standard InChI is InChI=1S/C19H28O/c1-17(2)11-9-13-19(4)15-10-14-18(3)12-7-5-6-8-16-20/h11-12,15-16H,5,7,9-10,13-14H2,1-4H3/b18-12+,19-15+. The van der Waals surface area contributed by atoms with Crippen LogP contribution in [0.5, 0.6) is 0 Å². The van der Waals surface area contributed by atoms with Crippen molar-refractivity contribution < 1.29 is 4.79 Å². The summed E-state index contributed by atoms with van der Waals surface area (Å²) in [5.74, 6) is 5.25. The third-order valence-corrected chi connectivity index (χ3v) is 3.05. The molecule has 0 aromatic heterocycles. The maximum atomic E-state index is 10.0. The highest BCUT2D eigenvalue weighted by atomic mass is 16.1. The molecule has 0 radical (unpaired) electrons. The summed E-state index contributed by atoms with van der Waals surface area (Å²) in [5, 5.41) is 0. The molecule has 0 aliphatic carbocycles. The van der Waals surface area contributed by atoms with Crippen LogP contribution in [0.4, 0.5) is 0 Å². The van der Waals surface area contributed by atoms with Gasteiger partial charge in [0.25, 0.3) is 0 Å². The maximum absolute atomic E-state index is 10.0. The highest BCUT2D eigenvalue weighted by Gasteiger charge is 1.91. The Kier molecular flexibility index (Phi) is 11.5. The predicted molar refractivity (Wildman–Crippen MR) is 88.5 cm³/mol. The van der Waals surface area contributed by atoms with Crippen LogP contribution in [0.3, 0.4) is 0 Å². The van der Waals surface area contributed by atoms with Crippen LogP contribution >= 0.6 is 0 Å². The molecule has 0 atom stereocenters. The van der Waals surface area contributed by atoms with Gasteiger partial charge < -0.3 is 0 Å². The van der Waals surface area contributed by atoms with E-state index >= 15 is 0 Å². The Morgan fingerprint density at radius 1 is 0.850 bits per heavy atom. The quantitative estimate of drug-likeness (QED) is 0.251. The SMILES string of the molecule is CC(C)=CCC/C(C)=C/CC/C(C)=C/CCC#CC=O. The van der Waals surface area contributed by atoms with Crippen LogP contribution in [-0.4, -0.2) is 6.29 Å². The third kappa shape index (κ3) is 12.9. The molecule has 1 nitrogen and oxygen atoms in total. The lowest BCUT2D eigenvalue weighted by atomic mass is 10.1. The molecule has 0 rings (SSSR count). The summed E-state index contributed by atoms with van der Waals surface area (Å²) in [6.45, 7) is 8.67. The molecule has 0 aliphatic rings. The molecule has 0 N–H and O–H groups in total. The van der Waals surface area contributed by atoms with E-state index in [1.165, 1.54) is 16.7 Å². The second-order valence-electron chi connectivity index (χ2n) is 5.44. The number of aldehydes is 1. The Morgan fingerprint density at radius 3 is 1.95 bits per heavy atom. The van der Waals surface area contributed by atoms with Gasteiger partial charge in [-0.1, -0.05) is 40.9 Å². The fourth-order valence-corrected chi connectivity index (χ4v) is 1.84. The van der Waals surface area contributed by atoms with E-state index in [1.54, 1.807) is 0 Å². The van der Waals surface area contributed by atoms with E-state index in [4.69, 9.17) is 0 Å². The lowest BCUT2D eigenvalue weighted by Gasteiger charge is -2.01. The van der Waals surface area contributed by atoms with E-state index in [2.05, 4.69) is 57.8 Å². The van der Waals surface area contributed by atoms with Crippen LogP contribution in [-0.2, 0) is 4.79 Å². The van der Waals surface area contributed by atoms with Crippen LogP contribution < -0.4 is 0 Å². The van der Waals surface area contributed by atoms with Crippen molar-refractivity contribution in [3.63, 3.8) is 0 Å². The van der Waals surface area contributed by atoms with Gasteiger partial charge in [0, 0.05) is 6.42 Å². The van der Waals surface area contributed by atoms with Crippen LogP contribution in [0.2, 0.25) is 0 Å². The number of unbranched alkanes of at least 4 members (excludes halogenated alkanes) is 1. The van der Waals surface area contributed by atoms with Crippen molar-refractivity contribution in [2.24, 2.45) is 0 Å². The molecule has 0 aromatic carbocycles. The van der Waals surface area contributed by atoms with Crippen LogP contribution in [0, 0.1) is 11.8 Å². The van der Waals surface area contributed by atoms with Gasteiger partial charge in [-0.05, 0) is 65.7 Å². The Balaban J connectivity index is 3.87. The second kappa shape index (κ2) is 12.5. The first-order valence-corrected chi connectivity index (χ1v) is 7.43. The highest BCUT2D eigenvalue weighted by Crippen LogP contribution is 2.12. The first-order chi connectivity index (χ1) is 9.56. The summed E-state index contributed by atoms with van der Waals surface area (Å²) in [6, 6.07) is 0. The van der Waals surface area contributed by atoms with E-state index in [-0.39, 0.29) is 0 Å². The molecule has 0 heterocycles. The van der Waals surface area contributed by atoms with E-state index in [1.807, 2.05) is 0 Å². The molecular weight excluding hydrogens is 244 g/mol. The van der Waals surface area contributed by atoms with Gasteiger partial charge in [0.2, 0.25) is 0 Å². The van der Waals surface area contributed by atoms with Crippen molar-refractivity contribution >= 4 is 6.29 Å². The maximum Gasteiger partial charge on any atom is 0.192 e. The van der Waals surface area contributed by atoms with E-state index in [9.17, 15) is 4.79 Å². The summed E-state index contributed by atoms with van der Waals surface area (Å²) in [4.78, 5) is 10.0. The molecule has 0 spiro atoms. The Labute approximate surface area is 124 Å². The Morgan fingerprint density at radius 2 is 1.40 bits per heavy atom. The fraction of sp³-hybridized carbons (Fsp3) is 0.526. The topological polar surface area (TPSA) is 17.1 Å². The lowest BCUT2D eigenvalue weighted by Crippen LogP contribution is -1.81. The third-order valence-electron chi connectivity index (χ3n) is 3.05. The first kappa shape index (κ1) is 18.4. The highest BCUT2D eigenvalue weighted by molar-refractivity contribution is 5.72. The summed E-state index contributed by atoms with van der Waals surface area (Å²) < 4.78 is 0. The van der Waals surface area contributed by atoms with Crippen molar-refractivity contribution in [3.05, 3.63) is 34.9 Å². The van der Waals surface area contributed by atoms with E-state index < -0.39 is 0 Å². The van der Waals surface area contributed by atoms with Gasteiger partial charge in [-0.25, -0.2) is 0 Å². The molecule has 0 fully saturated rings. The van der Waals surface area contributed by atoms with Crippen molar-refractivity contribution in [1.29, 1.82) is 0 Å². The summed E-state index contributed by atoms with van der Waals surface area (Å²) >= 11 is 0. The minimum atomic E-state index is 0.652. The minimum Gasteiger partial charge on any atom is -0.289 e. The summed E-state index contributed by atoms with van der Waals surface area (Å²) in [7, 11) is 0. The minimum absolute atomic E-state index is 0.652. The van der Waals surface area contributed by atoms with Crippen LogP contribution in [0.1, 0.15) is 66.2 Å². The Hall–Kier alpha value is -1.55. The largest absolute Gasteiger partial charge is 0.289 e. The summed E-state index contributed by atoms with van der Waals surface area (Å²) in [5.41, 5.74) is 4.28. The number of hydrogen-bond acceptors (Lipinski definition) is 1. The number of hydrogen-bond donors (Lipinski definition) is 0. The molecule has 0 amide bonds. The van der Waals surface area contributed by atoms with Gasteiger partial charge in [-0.3, -0.25) is 4.79 Å². The normalized spacial score (nSPS) is 11.6. The molecule has 20 heavy (non-hydrogen) atoms. The molecule has 110 valence electrons. The average molecular weight is 272 g/mol. The molecule has 0 saturated carbocycles. The van der Waals surface area contributed by atoms with Gasteiger partial charge in [0.15, 0.2) is 6.29 Å².